The maximum Gasteiger partial charge on any atom is 0.251 e. The monoisotopic (exact) mass is 354 g/mol. The van der Waals surface area contributed by atoms with Crippen LogP contribution in [0.4, 0.5) is 5.69 Å². The Morgan fingerprint density at radius 1 is 1.15 bits per heavy atom. The molecule has 0 atom stereocenters. The van der Waals surface area contributed by atoms with Gasteiger partial charge in [0.15, 0.2) is 0 Å². The number of hydrogen-bond donors (Lipinski definition) is 0. The van der Waals surface area contributed by atoms with E-state index >= 15 is 0 Å². The minimum atomic E-state index is -0.0605. The molecule has 27 heavy (non-hydrogen) atoms. The quantitative estimate of drug-likeness (QED) is 0.652. The molecule has 1 saturated carbocycles. The molecular weight excluding hydrogens is 336 g/mol. The van der Waals surface area contributed by atoms with E-state index in [9.17, 15) is 4.79 Å². The molecule has 1 aliphatic carbocycles. The van der Waals surface area contributed by atoms with Crippen molar-refractivity contribution < 1.29 is 4.79 Å². The van der Waals surface area contributed by atoms with Crippen LogP contribution < -0.4 is 4.90 Å². The molecule has 132 valence electrons. The van der Waals surface area contributed by atoms with Crippen LogP contribution in [0.25, 0.3) is 11.8 Å². The van der Waals surface area contributed by atoms with Crippen LogP contribution in [-0.4, -0.2) is 21.7 Å². The Hall–Kier alpha value is -3.65. The Morgan fingerprint density at radius 3 is 2.56 bits per heavy atom. The van der Waals surface area contributed by atoms with Gasteiger partial charge in [0.05, 0.1) is 23.5 Å². The van der Waals surface area contributed by atoms with Crippen molar-refractivity contribution in [2.45, 2.75) is 18.9 Å². The van der Waals surface area contributed by atoms with E-state index in [0.29, 0.717) is 5.56 Å². The van der Waals surface area contributed by atoms with Gasteiger partial charge in [-0.25, -0.2) is 4.68 Å². The molecule has 0 bridgehead atoms. The first-order valence-corrected chi connectivity index (χ1v) is 8.86. The van der Waals surface area contributed by atoms with Crippen molar-refractivity contribution >= 4 is 17.7 Å². The van der Waals surface area contributed by atoms with Gasteiger partial charge >= 0.3 is 0 Å². The molecule has 1 fully saturated rings. The number of nitriles is 1. The fourth-order valence-corrected chi connectivity index (χ4v) is 2.94. The number of aromatic nitrogens is 2. The van der Waals surface area contributed by atoms with E-state index in [-0.39, 0.29) is 11.9 Å². The molecule has 0 radical (unpaired) electrons. The number of carbonyl (C=O) groups excluding carboxylic acids is 1. The molecule has 0 spiro atoms. The third kappa shape index (κ3) is 3.80. The Labute approximate surface area is 157 Å². The van der Waals surface area contributed by atoms with Crippen LogP contribution in [-0.2, 0) is 4.79 Å². The summed E-state index contributed by atoms with van der Waals surface area (Å²) in [6, 6.07) is 19.3. The van der Waals surface area contributed by atoms with Gasteiger partial charge in [-0.15, -0.1) is 0 Å². The second-order valence-electron chi connectivity index (χ2n) is 6.49. The minimum absolute atomic E-state index is 0.0605. The van der Waals surface area contributed by atoms with Crippen LogP contribution in [0.2, 0.25) is 0 Å². The fraction of sp³-hybridized carbons (Fsp3) is 0.136. The van der Waals surface area contributed by atoms with Crippen LogP contribution >= 0.6 is 0 Å². The van der Waals surface area contributed by atoms with Gasteiger partial charge < -0.3 is 4.90 Å². The first-order chi connectivity index (χ1) is 13.2. The second-order valence-corrected chi connectivity index (χ2v) is 6.49. The molecule has 3 aromatic rings. The zero-order valence-electron chi connectivity index (χ0n) is 14.7. The first kappa shape index (κ1) is 16.8. The minimum Gasteiger partial charge on any atom is -0.306 e. The number of benzene rings is 2. The zero-order valence-corrected chi connectivity index (χ0v) is 14.7. The van der Waals surface area contributed by atoms with E-state index < -0.39 is 0 Å². The summed E-state index contributed by atoms with van der Waals surface area (Å²) in [5, 5.41) is 13.3. The highest BCUT2D eigenvalue weighted by molar-refractivity contribution is 6.04. The van der Waals surface area contributed by atoms with Crippen molar-refractivity contribution in [3.8, 4) is 11.8 Å². The van der Waals surface area contributed by atoms with Gasteiger partial charge in [0.2, 0.25) is 0 Å². The average Bonchev–Trinajstić information content (AvgIpc) is 3.43. The molecule has 2 aromatic carbocycles. The van der Waals surface area contributed by atoms with E-state index in [1.165, 1.54) is 0 Å². The molecule has 0 unspecified atom stereocenters. The number of carbonyl (C=O) groups is 1. The highest BCUT2D eigenvalue weighted by Gasteiger charge is 2.32. The molecule has 1 heterocycles. The van der Waals surface area contributed by atoms with Gasteiger partial charge in [-0.3, -0.25) is 4.79 Å². The summed E-state index contributed by atoms with van der Waals surface area (Å²) in [6.07, 6.45) is 9.01. The largest absolute Gasteiger partial charge is 0.306 e. The van der Waals surface area contributed by atoms with Crippen molar-refractivity contribution in [3.63, 3.8) is 0 Å². The third-order valence-electron chi connectivity index (χ3n) is 4.47. The Kier molecular flexibility index (Phi) is 4.54. The lowest BCUT2D eigenvalue weighted by atomic mass is 10.2. The molecule has 0 saturated heterocycles. The molecular formula is C22H18N4O. The summed E-state index contributed by atoms with van der Waals surface area (Å²) in [7, 11) is 0. The number of amides is 1. The fourth-order valence-electron chi connectivity index (χ4n) is 2.94. The van der Waals surface area contributed by atoms with Crippen LogP contribution in [0.15, 0.2) is 73.1 Å². The average molecular weight is 354 g/mol. The van der Waals surface area contributed by atoms with Crippen molar-refractivity contribution in [1.82, 2.24) is 9.78 Å². The number of anilines is 1. The van der Waals surface area contributed by atoms with Gasteiger partial charge in [0.1, 0.15) is 0 Å². The molecule has 5 nitrogen and oxygen atoms in total. The molecule has 4 rings (SSSR count). The van der Waals surface area contributed by atoms with Gasteiger partial charge in [-0.1, -0.05) is 18.2 Å². The highest BCUT2D eigenvalue weighted by Crippen LogP contribution is 2.32. The lowest BCUT2D eigenvalue weighted by Crippen LogP contribution is -2.31. The predicted molar refractivity (Wildman–Crippen MR) is 104 cm³/mol. The lowest BCUT2D eigenvalue weighted by molar-refractivity contribution is -0.114. The Balaban J connectivity index is 1.51. The van der Waals surface area contributed by atoms with Crippen molar-refractivity contribution in [2.24, 2.45) is 0 Å². The van der Waals surface area contributed by atoms with Crippen molar-refractivity contribution in [3.05, 3.63) is 84.2 Å². The molecule has 1 aliphatic rings. The summed E-state index contributed by atoms with van der Waals surface area (Å²) in [6.45, 7) is 0. The summed E-state index contributed by atoms with van der Waals surface area (Å²) in [5.41, 5.74) is 3.25. The predicted octanol–water partition coefficient (Wildman–Crippen LogP) is 3.95. The third-order valence-corrected chi connectivity index (χ3v) is 4.47. The lowest BCUT2D eigenvalue weighted by Gasteiger charge is -2.21. The smallest absolute Gasteiger partial charge is 0.251 e. The number of hydrogen-bond acceptors (Lipinski definition) is 3. The van der Waals surface area contributed by atoms with E-state index in [2.05, 4.69) is 11.2 Å². The Morgan fingerprint density at radius 2 is 1.89 bits per heavy atom. The van der Waals surface area contributed by atoms with Crippen LogP contribution in [0, 0.1) is 11.3 Å². The number of nitrogens with zero attached hydrogens (tertiary/aromatic N) is 4. The summed E-state index contributed by atoms with van der Waals surface area (Å²) in [4.78, 5) is 14.6. The van der Waals surface area contributed by atoms with Crippen LogP contribution in [0.3, 0.4) is 0 Å². The zero-order chi connectivity index (χ0) is 18.6. The van der Waals surface area contributed by atoms with Crippen molar-refractivity contribution in [1.29, 1.82) is 5.26 Å². The van der Waals surface area contributed by atoms with E-state index in [1.807, 2.05) is 48.7 Å². The Bertz CT molecular complexity index is 1010. The summed E-state index contributed by atoms with van der Waals surface area (Å²) in [5.74, 6) is -0.0605. The standard InChI is InChI=1S/C22H18N4O/c23-14-17-6-9-20(10-7-17)26(21-11-12-21)22(27)13-8-18-15-24-25(16-18)19-4-2-1-3-5-19/h1-10,13,15-16,21H,11-12H2/b13-8+. The van der Waals surface area contributed by atoms with Crippen LogP contribution in [0.1, 0.15) is 24.0 Å². The molecule has 0 N–H and O–H groups in total. The number of rotatable bonds is 5. The normalized spacial score (nSPS) is 13.4. The van der Waals surface area contributed by atoms with E-state index in [4.69, 9.17) is 5.26 Å². The second kappa shape index (κ2) is 7.30. The highest BCUT2D eigenvalue weighted by atomic mass is 16.2. The summed E-state index contributed by atoms with van der Waals surface area (Å²) >= 11 is 0. The van der Waals surface area contributed by atoms with E-state index in [1.54, 1.807) is 40.1 Å². The summed E-state index contributed by atoms with van der Waals surface area (Å²) < 4.78 is 1.78. The van der Waals surface area contributed by atoms with Gasteiger partial charge in [-0.05, 0) is 55.3 Å². The van der Waals surface area contributed by atoms with Crippen molar-refractivity contribution in [2.75, 3.05) is 4.90 Å². The van der Waals surface area contributed by atoms with E-state index in [0.717, 1.165) is 29.8 Å². The SMILES string of the molecule is N#Cc1ccc(N(C(=O)/C=C/c2cnn(-c3ccccc3)c2)C2CC2)cc1. The van der Waals surface area contributed by atoms with Gasteiger partial charge in [0, 0.05) is 29.6 Å². The molecule has 0 aliphatic heterocycles. The molecule has 5 heteroatoms. The topological polar surface area (TPSA) is 61.9 Å². The van der Waals surface area contributed by atoms with Crippen LogP contribution in [0.5, 0.6) is 0 Å². The first-order valence-electron chi connectivity index (χ1n) is 8.86. The molecule has 1 aromatic heterocycles. The van der Waals surface area contributed by atoms with Gasteiger partial charge in [0.25, 0.3) is 5.91 Å². The molecule has 1 amide bonds. The maximum absolute atomic E-state index is 12.8. The van der Waals surface area contributed by atoms with Gasteiger partial charge in [-0.2, -0.15) is 10.4 Å². The number of para-hydroxylation sites is 1. The maximum atomic E-state index is 12.8.